The van der Waals surface area contributed by atoms with Gasteiger partial charge in [0, 0.05) is 54.7 Å². The third-order valence-electron chi connectivity index (χ3n) is 8.02. The van der Waals surface area contributed by atoms with Crippen molar-refractivity contribution < 1.29 is 30.0 Å². The van der Waals surface area contributed by atoms with Crippen molar-refractivity contribution >= 4 is 23.0 Å². The van der Waals surface area contributed by atoms with Crippen LogP contribution in [0, 0.1) is 6.07 Å². The number of aromatic carboxylic acids is 1. The largest absolute Gasteiger partial charge is 0.477 e. The number of rotatable bonds is 2. The van der Waals surface area contributed by atoms with Gasteiger partial charge in [-0.25, -0.2) is 9.78 Å². The van der Waals surface area contributed by atoms with Crippen molar-refractivity contribution in [3.8, 4) is 11.3 Å². The average Bonchev–Trinajstić information content (AvgIpc) is 2.98. The topological polar surface area (TPSA) is 66.3 Å². The number of carbonyl (C=O) groups is 1. The second-order valence-corrected chi connectivity index (χ2v) is 11.2. The molecule has 4 heterocycles. The summed E-state index contributed by atoms with van der Waals surface area (Å²) in [4.78, 5) is 20.8. The predicted molar refractivity (Wildman–Crippen MR) is 159 cm³/mol. The first kappa shape index (κ1) is 28.4. The van der Waals surface area contributed by atoms with Crippen molar-refractivity contribution in [2.75, 3.05) is 4.90 Å². The number of carboxylic acids is 1. The van der Waals surface area contributed by atoms with Crippen LogP contribution < -0.4 is 4.90 Å². The molecule has 0 saturated carbocycles. The molecule has 3 aromatic carbocycles. The van der Waals surface area contributed by atoms with E-state index in [2.05, 4.69) is 109 Å². The molecule has 5 aromatic rings. The zero-order chi connectivity index (χ0) is 28.1. The molecule has 2 aliphatic heterocycles. The number of anilines is 3. The van der Waals surface area contributed by atoms with Gasteiger partial charge in [0.25, 0.3) is 0 Å². The number of aromatic nitrogens is 2. The van der Waals surface area contributed by atoms with Crippen LogP contribution in [0.15, 0.2) is 103 Å². The molecule has 0 fully saturated rings. The summed E-state index contributed by atoms with van der Waals surface area (Å²) in [7, 11) is 0. The SMILES string of the molecule is CC1(C)c2[c-]c(-c3ccccn3)cc3c2N(c2ccccc21)c1ccccc1C3(C)C.O=C(O)c1ccccn1.[Ir]. The van der Waals surface area contributed by atoms with Crippen LogP contribution in [0.5, 0.6) is 0 Å². The Morgan fingerprint density at radius 3 is 1.83 bits per heavy atom. The van der Waals surface area contributed by atoms with Crippen molar-refractivity contribution in [3.63, 3.8) is 0 Å². The van der Waals surface area contributed by atoms with E-state index in [1.165, 1.54) is 51.6 Å². The summed E-state index contributed by atoms with van der Waals surface area (Å²) in [5.74, 6) is -0.990. The predicted octanol–water partition coefficient (Wildman–Crippen LogP) is 8.07. The van der Waals surface area contributed by atoms with E-state index in [4.69, 9.17) is 5.11 Å². The minimum absolute atomic E-state index is 0. The molecule has 2 aliphatic rings. The minimum atomic E-state index is -0.990. The number of benzene rings is 3. The van der Waals surface area contributed by atoms with E-state index in [0.717, 1.165) is 11.3 Å². The van der Waals surface area contributed by atoms with Crippen LogP contribution in [0.3, 0.4) is 0 Å². The summed E-state index contributed by atoms with van der Waals surface area (Å²) < 4.78 is 0. The molecule has 0 amide bonds. The molecule has 7 rings (SSSR count). The number of pyridine rings is 2. The van der Waals surface area contributed by atoms with Gasteiger partial charge < -0.3 is 15.0 Å². The van der Waals surface area contributed by atoms with E-state index in [0.29, 0.717) is 0 Å². The maximum atomic E-state index is 10.1. The van der Waals surface area contributed by atoms with Gasteiger partial charge >= 0.3 is 5.97 Å². The molecule has 0 saturated heterocycles. The normalized spacial score (nSPS) is 14.7. The van der Waals surface area contributed by atoms with Crippen LogP contribution >= 0.6 is 0 Å². The van der Waals surface area contributed by atoms with Crippen molar-refractivity contribution in [3.05, 3.63) is 137 Å². The summed E-state index contributed by atoms with van der Waals surface area (Å²) >= 11 is 0. The van der Waals surface area contributed by atoms with E-state index in [9.17, 15) is 4.79 Å². The molecule has 0 unspecified atom stereocenters. The first-order chi connectivity index (χ1) is 19.2. The Labute approximate surface area is 254 Å². The van der Waals surface area contributed by atoms with Gasteiger partial charge in [0.2, 0.25) is 0 Å². The van der Waals surface area contributed by atoms with Crippen molar-refractivity contribution in [1.29, 1.82) is 0 Å². The van der Waals surface area contributed by atoms with Crippen LogP contribution in [0.4, 0.5) is 17.1 Å². The van der Waals surface area contributed by atoms with Crippen LogP contribution in [0.2, 0.25) is 0 Å². The zero-order valence-corrected chi connectivity index (χ0v) is 25.7. The van der Waals surface area contributed by atoms with E-state index in [1.54, 1.807) is 12.1 Å². The fourth-order valence-corrected chi connectivity index (χ4v) is 5.93. The fourth-order valence-electron chi connectivity index (χ4n) is 5.93. The molecule has 2 aromatic heterocycles. The van der Waals surface area contributed by atoms with Crippen LogP contribution in [0.1, 0.15) is 60.4 Å². The molecule has 1 radical (unpaired) electrons. The average molecular weight is 717 g/mol. The van der Waals surface area contributed by atoms with Crippen LogP contribution in [-0.2, 0) is 30.9 Å². The number of hydrogen-bond acceptors (Lipinski definition) is 4. The van der Waals surface area contributed by atoms with Gasteiger partial charge in [0.1, 0.15) is 5.69 Å². The number of fused-ring (bicyclic) bond motifs is 4. The van der Waals surface area contributed by atoms with E-state index >= 15 is 0 Å². The Hall–Kier alpha value is -4.12. The van der Waals surface area contributed by atoms with Gasteiger partial charge in [0.05, 0.1) is 0 Å². The third-order valence-corrected chi connectivity index (χ3v) is 8.02. The standard InChI is InChI=1S/C29H25N2.C6H5NO2.Ir/c1-28(2)20-11-5-7-14-25(20)31-26-15-8-6-12-21(26)29(3,4)23-18-19(17-22(28)27(23)31)24-13-9-10-16-30-24;8-6(9)5-3-1-2-4-7-5;/h5-17H,1-4H3;1-4H,(H,8,9);/q-1;;. The molecular formula is C35H30IrN3O2-. The van der Waals surface area contributed by atoms with E-state index in [-0.39, 0.29) is 36.6 Å². The first-order valence-electron chi connectivity index (χ1n) is 13.4. The second kappa shape index (κ2) is 10.7. The Morgan fingerprint density at radius 2 is 1.29 bits per heavy atom. The number of nitrogens with zero attached hydrogens (tertiary/aromatic N) is 3. The Morgan fingerprint density at radius 1 is 0.732 bits per heavy atom. The first-order valence-corrected chi connectivity index (χ1v) is 13.4. The molecule has 5 nitrogen and oxygen atoms in total. The van der Waals surface area contributed by atoms with E-state index < -0.39 is 5.97 Å². The molecule has 1 N–H and O–H groups in total. The number of carboxylic acid groups (broad SMARTS) is 1. The Bertz CT molecular complexity index is 1650. The van der Waals surface area contributed by atoms with Gasteiger partial charge in [-0.2, -0.15) is 0 Å². The molecule has 0 aliphatic carbocycles. The monoisotopic (exact) mass is 717 g/mol. The zero-order valence-electron chi connectivity index (χ0n) is 23.3. The summed E-state index contributed by atoms with van der Waals surface area (Å²) in [6.45, 7) is 9.33. The van der Waals surface area contributed by atoms with Gasteiger partial charge in [-0.3, -0.25) is 0 Å². The van der Waals surface area contributed by atoms with E-state index in [1.807, 2.05) is 18.3 Å². The van der Waals surface area contributed by atoms with Crippen LogP contribution in [-0.4, -0.2) is 21.0 Å². The summed E-state index contributed by atoms with van der Waals surface area (Å²) in [6, 6.07) is 34.6. The summed E-state index contributed by atoms with van der Waals surface area (Å²) in [6.07, 6.45) is 3.31. The summed E-state index contributed by atoms with van der Waals surface area (Å²) in [5.41, 5.74) is 10.9. The molecular weight excluding hydrogens is 687 g/mol. The number of hydrogen-bond donors (Lipinski definition) is 1. The molecule has 0 bridgehead atoms. The van der Waals surface area contributed by atoms with Crippen molar-refractivity contribution in [2.45, 2.75) is 38.5 Å². The maximum absolute atomic E-state index is 10.1. The molecule has 0 spiro atoms. The van der Waals surface area contributed by atoms with Crippen molar-refractivity contribution in [2.24, 2.45) is 0 Å². The smallest absolute Gasteiger partial charge is 0.354 e. The number of para-hydroxylation sites is 2. The Kier molecular flexibility index (Phi) is 7.41. The van der Waals surface area contributed by atoms with Crippen LogP contribution in [0.25, 0.3) is 11.3 Å². The fraction of sp³-hybridized carbons (Fsp3) is 0.171. The van der Waals surface area contributed by atoms with Crippen molar-refractivity contribution in [1.82, 2.24) is 9.97 Å². The van der Waals surface area contributed by atoms with Gasteiger partial charge in [-0.1, -0.05) is 93.4 Å². The second-order valence-electron chi connectivity index (χ2n) is 11.2. The summed E-state index contributed by atoms with van der Waals surface area (Å²) in [5, 5.41) is 8.32. The quantitative estimate of drug-likeness (QED) is 0.187. The van der Waals surface area contributed by atoms with Gasteiger partial charge in [0.15, 0.2) is 0 Å². The molecule has 6 heteroatoms. The van der Waals surface area contributed by atoms with Gasteiger partial charge in [-0.05, 0) is 52.8 Å². The Balaban J connectivity index is 0.000000291. The minimum Gasteiger partial charge on any atom is -0.477 e. The van der Waals surface area contributed by atoms with Gasteiger partial charge in [-0.15, -0.1) is 17.7 Å². The third kappa shape index (κ3) is 4.67. The molecule has 41 heavy (non-hydrogen) atoms. The molecule has 207 valence electrons. The maximum Gasteiger partial charge on any atom is 0.354 e. The molecule has 0 atom stereocenters.